The maximum atomic E-state index is 11.7. The van der Waals surface area contributed by atoms with Crippen molar-refractivity contribution in [2.45, 2.75) is 160 Å². The van der Waals surface area contributed by atoms with Gasteiger partial charge in [-0.2, -0.15) is 5.26 Å². The molecule has 7 atom stereocenters. The van der Waals surface area contributed by atoms with Crippen molar-refractivity contribution < 1.29 is 16.4 Å². The van der Waals surface area contributed by atoms with Gasteiger partial charge in [0.05, 0.1) is 28.1 Å². The molecule has 1 nitrogen and oxygen atoms in total. The molecular weight excluding hydrogens is 1300 g/mol. The van der Waals surface area contributed by atoms with E-state index in [1.165, 1.54) is 22.3 Å². The minimum absolute atomic E-state index is 0.0102. The molecule has 13 aromatic rings. The van der Waals surface area contributed by atoms with Crippen LogP contribution in [0, 0.1) is 28.6 Å². The number of fused-ring (bicyclic) bond motifs is 13. The van der Waals surface area contributed by atoms with Gasteiger partial charge in [-0.05, 0) is 249 Å². The molecule has 0 N–H and O–H groups in total. The summed E-state index contributed by atoms with van der Waals surface area (Å²) >= 11 is 0. The Morgan fingerprint density at radius 2 is 0.833 bits per heavy atom. The summed E-state index contributed by atoms with van der Waals surface area (Å²) in [4.78, 5) is 0. The number of rotatable bonds is 8. The molecule has 6 aliphatic carbocycles. The van der Waals surface area contributed by atoms with Crippen LogP contribution in [-0.2, 0) is 16.2 Å². The third-order valence-electron chi connectivity index (χ3n) is 25.7. The van der Waals surface area contributed by atoms with Crippen LogP contribution in [0.2, 0.25) is 0 Å². The van der Waals surface area contributed by atoms with Crippen molar-refractivity contribution >= 4 is 0 Å². The van der Waals surface area contributed by atoms with Gasteiger partial charge in [0, 0.05) is 35.5 Å². The summed E-state index contributed by atoms with van der Waals surface area (Å²) in [5.41, 5.74) is 25.4. The van der Waals surface area contributed by atoms with Crippen LogP contribution in [0.5, 0.6) is 0 Å². The van der Waals surface area contributed by atoms with Crippen molar-refractivity contribution in [3.05, 3.63) is 401 Å². The number of nitriles is 1. The zero-order valence-electron chi connectivity index (χ0n) is 75.9. The quantitative estimate of drug-likeness (QED) is 0.149. The van der Waals surface area contributed by atoms with Gasteiger partial charge in [-0.1, -0.05) is 344 Å². The molecule has 7 unspecified atom stereocenters. The maximum absolute atomic E-state index is 11.7. The van der Waals surface area contributed by atoms with Crippen molar-refractivity contribution in [2.75, 3.05) is 0 Å². The fourth-order valence-corrected chi connectivity index (χ4v) is 20.3. The fourth-order valence-electron chi connectivity index (χ4n) is 20.3. The molecule has 108 heavy (non-hydrogen) atoms. The lowest BCUT2D eigenvalue weighted by Gasteiger charge is -2.44. The van der Waals surface area contributed by atoms with Gasteiger partial charge in [-0.3, -0.25) is 0 Å². The van der Waals surface area contributed by atoms with E-state index < -0.39 is 58.7 Å². The van der Waals surface area contributed by atoms with Crippen molar-refractivity contribution in [3.63, 3.8) is 0 Å². The lowest BCUT2D eigenvalue weighted by atomic mass is 9.58. The summed E-state index contributed by atoms with van der Waals surface area (Å²) in [7, 11) is 0. The van der Waals surface area contributed by atoms with Crippen LogP contribution >= 0.6 is 0 Å². The highest BCUT2D eigenvalue weighted by Crippen LogP contribution is 2.64. The highest BCUT2D eigenvalue weighted by molar-refractivity contribution is 5.88. The molecule has 0 amide bonds. The van der Waals surface area contributed by atoms with Crippen LogP contribution in [0.3, 0.4) is 0 Å². The van der Waals surface area contributed by atoms with E-state index in [-0.39, 0.29) is 105 Å². The topological polar surface area (TPSA) is 23.8 Å². The van der Waals surface area contributed by atoms with Crippen molar-refractivity contribution in [1.29, 1.82) is 5.26 Å². The second-order valence-electron chi connectivity index (χ2n) is 35.9. The molecule has 1 fully saturated rings. The SMILES string of the molecule is [2H]c1c([2H])c([2H])c2c(c1[2H])-c1c([2H])c([2H])c([2H])c([2H])c1C2c1ccc2c(c1)C(c1c(-c3ccccc3)cc(C(C)(C)C)cc1-c1ccccc1)c1cc(-c3c([2H])c([2H])c([2H])c(C(C)(C)C)c3[2H])cc3c1C2c1ccc(C2c4ccc(C(C)(C)C)cc4C4CC(C(C)(C)C)CCC42)cc1C3c1ccc(C#N)c(C2c3ccccc3-c3ccccc32)c1. The molecule has 19 rings (SSSR count). The molecule has 0 heterocycles. The van der Waals surface area contributed by atoms with Crippen LogP contribution in [0.25, 0.3) is 55.6 Å². The molecule has 13 aromatic carbocycles. The first-order valence-electron chi connectivity index (χ1n) is 45.0. The second-order valence-corrected chi connectivity index (χ2v) is 35.9. The minimum atomic E-state index is -1.13. The van der Waals surface area contributed by atoms with Crippen LogP contribution in [0.1, 0.15) is 283 Å². The Hall–Kier alpha value is -10.7. The van der Waals surface area contributed by atoms with E-state index in [1.807, 2.05) is 45.0 Å². The van der Waals surface area contributed by atoms with Crippen LogP contribution < -0.4 is 0 Å². The van der Waals surface area contributed by atoms with Crippen molar-refractivity contribution in [1.82, 2.24) is 0 Å². The third-order valence-corrected chi connectivity index (χ3v) is 25.7. The van der Waals surface area contributed by atoms with Gasteiger partial charge in [0.25, 0.3) is 0 Å². The molecule has 0 spiro atoms. The van der Waals surface area contributed by atoms with Crippen LogP contribution in [0.4, 0.5) is 0 Å². The monoisotopic (exact) mass is 1410 g/mol. The van der Waals surface area contributed by atoms with Gasteiger partial charge < -0.3 is 0 Å². The third kappa shape index (κ3) is 11.0. The van der Waals surface area contributed by atoms with Gasteiger partial charge >= 0.3 is 0 Å². The number of hydrogen-bond donors (Lipinski definition) is 0. The first-order valence-corrected chi connectivity index (χ1v) is 39.0. The van der Waals surface area contributed by atoms with E-state index in [9.17, 15) is 19.0 Å². The molecule has 1 saturated carbocycles. The fraction of sp³-hybridized carbons (Fsp3) is 0.262. The van der Waals surface area contributed by atoms with E-state index in [0.29, 0.717) is 34.1 Å². The summed E-state index contributed by atoms with van der Waals surface area (Å²) < 4.78 is 117. The highest BCUT2D eigenvalue weighted by atomic mass is 14.5. The number of benzene rings is 13. The van der Waals surface area contributed by atoms with Gasteiger partial charge in [0.1, 0.15) is 0 Å². The Labute approximate surface area is 658 Å². The maximum Gasteiger partial charge on any atom is 0.0994 e. The summed E-state index contributed by atoms with van der Waals surface area (Å²) in [5.74, 6) is -2.30. The zero-order valence-corrected chi connectivity index (χ0v) is 63.9. The minimum Gasteiger partial charge on any atom is -0.192 e. The highest BCUT2D eigenvalue weighted by Gasteiger charge is 2.50. The van der Waals surface area contributed by atoms with Crippen LogP contribution in [0.15, 0.2) is 279 Å². The second kappa shape index (κ2) is 25.2. The molecule has 530 valence electrons. The molecule has 6 aliphatic rings. The van der Waals surface area contributed by atoms with Gasteiger partial charge in [-0.15, -0.1) is 0 Å². The Bertz CT molecular complexity index is 6420. The number of nitrogens with zero attached hydrogens (tertiary/aromatic N) is 1. The molecule has 0 aromatic heterocycles. The molecule has 0 radical (unpaired) electrons. The molecule has 0 saturated heterocycles. The van der Waals surface area contributed by atoms with E-state index in [1.54, 1.807) is 0 Å². The van der Waals surface area contributed by atoms with E-state index in [2.05, 4.69) is 250 Å². The van der Waals surface area contributed by atoms with E-state index >= 15 is 0 Å². The summed E-state index contributed by atoms with van der Waals surface area (Å²) in [5, 5.41) is 11.7. The Kier molecular flexibility index (Phi) is 13.0. The first kappa shape index (κ1) is 55.7. The normalized spacial score (nSPS) is 21.1. The largest absolute Gasteiger partial charge is 0.192 e. The van der Waals surface area contributed by atoms with Crippen molar-refractivity contribution in [2.24, 2.45) is 17.3 Å². The Morgan fingerprint density at radius 3 is 1.43 bits per heavy atom. The van der Waals surface area contributed by atoms with Gasteiger partial charge in [0.2, 0.25) is 0 Å². The predicted molar refractivity (Wildman–Crippen MR) is 449 cm³/mol. The first-order chi connectivity index (χ1) is 57.1. The lowest BCUT2D eigenvalue weighted by molar-refractivity contribution is 0.132. The summed E-state index contributed by atoms with van der Waals surface area (Å²) in [6.07, 6.45) is 3.23. The molecular formula is C107H97N. The standard InChI is InChI=1S/C107H97N/c1-104(2,3)71-33-27-32-65(52-71)70-56-94-98(66-42-43-69(62-108)87(53-66)99-81-40-25-21-36-77(81)78-37-22-26-41-82(78)99)92-54-67(97-83-50-46-72(105(4,5)6)58-90(83)91-59-73(106(7,8)9)47-51-84(91)97)44-48-85(92)100-86-49-45-68(96-79-38-23-19-34-75(79)76-35-20-24-39-80(76)96)55-93(86)102(95(57-70)103(94)100)101-88(63-28-15-13-16-29-63)60-74(107(10,11)12)61-89(101)64-30-17-14-18-31-64/h13-46,48-50,52-58,60-61,73,84,91,96-100,102H,47,51,59H2,1-12H3/i19D,20D,23D,24D,27D,32D,33D,34D,35D,38D,39D,52D. The van der Waals surface area contributed by atoms with E-state index in [4.69, 9.17) is 2.74 Å². The predicted octanol–water partition coefficient (Wildman–Crippen LogP) is 27.6. The Balaban J connectivity index is 0.989. The van der Waals surface area contributed by atoms with Crippen molar-refractivity contribution in [3.8, 4) is 61.7 Å². The molecule has 1 heteroatoms. The Morgan fingerprint density at radius 1 is 0.324 bits per heavy atom. The van der Waals surface area contributed by atoms with Gasteiger partial charge in [0.15, 0.2) is 0 Å². The molecule has 0 aliphatic heterocycles. The lowest BCUT2D eigenvalue weighted by Crippen LogP contribution is -2.31. The average Bonchev–Trinajstić information content (AvgIpc) is 1.22. The van der Waals surface area contributed by atoms with Crippen LogP contribution in [-0.4, -0.2) is 0 Å². The smallest absolute Gasteiger partial charge is 0.0994 e. The molecule has 0 bridgehead atoms. The number of hydrogen-bond acceptors (Lipinski definition) is 1. The zero-order chi connectivity index (χ0) is 84.5. The van der Waals surface area contributed by atoms with E-state index in [0.717, 1.165) is 125 Å². The average molecular weight is 1410 g/mol. The summed E-state index contributed by atoms with van der Waals surface area (Å²) in [6, 6.07) is 73.3. The van der Waals surface area contributed by atoms with Gasteiger partial charge in [-0.25, -0.2) is 0 Å². The summed E-state index contributed by atoms with van der Waals surface area (Å²) in [6.45, 7) is 26.7.